The minimum atomic E-state index is -0.586. The maximum absolute atomic E-state index is 12.7. The second kappa shape index (κ2) is 8.28. The minimum absolute atomic E-state index is 0.131. The second-order valence-corrected chi connectivity index (χ2v) is 6.96. The summed E-state index contributed by atoms with van der Waals surface area (Å²) in [6, 6.07) is 19.8. The molecule has 0 saturated heterocycles. The van der Waals surface area contributed by atoms with Gasteiger partial charge in [0.1, 0.15) is 17.1 Å². The average molecular weight is 414 g/mol. The Morgan fingerprint density at radius 2 is 1.26 bits per heavy atom. The van der Waals surface area contributed by atoms with E-state index in [-0.39, 0.29) is 17.1 Å². The molecule has 0 spiro atoms. The van der Waals surface area contributed by atoms with Crippen LogP contribution in [0.1, 0.15) is 31.8 Å². The Kier molecular flexibility index (Phi) is 5.37. The van der Waals surface area contributed by atoms with Crippen LogP contribution in [0.25, 0.3) is 11.0 Å². The maximum atomic E-state index is 12.7. The summed E-state index contributed by atoms with van der Waals surface area (Å²) in [5.74, 6) is -0.910. The van der Waals surface area contributed by atoms with Crippen LogP contribution in [0.4, 0.5) is 0 Å². The predicted molar refractivity (Wildman–Crippen MR) is 115 cm³/mol. The average Bonchev–Trinajstić information content (AvgIpc) is 2.77. The molecule has 0 fully saturated rings. The summed E-state index contributed by atoms with van der Waals surface area (Å²) in [4.78, 5) is 37.2. The van der Waals surface area contributed by atoms with E-state index in [1.54, 1.807) is 74.5 Å². The van der Waals surface area contributed by atoms with Crippen LogP contribution in [-0.4, -0.2) is 11.9 Å². The molecule has 0 atom stereocenters. The van der Waals surface area contributed by atoms with Gasteiger partial charge < -0.3 is 13.9 Å². The molecule has 0 aliphatic heterocycles. The zero-order valence-corrected chi connectivity index (χ0v) is 16.9. The third-order valence-electron chi connectivity index (χ3n) is 4.80. The monoisotopic (exact) mass is 414 g/mol. The number of hydrogen-bond donors (Lipinski definition) is 0. The van der Waals surface area contributed by atoms with Crippen LogP contribution in [0.5, 0.6) is 11.5 Å². The molecule has 1 aromatic heterocycles. The highest BCUT2D eigenvalue weighted by atomic mass is 16.5. The Balaban J connectivity index is 1.82. The molecule has 31 heavy (non-hydrogen) atoms. The number of benzene rings is 3. The van der Waals surface area contributed by atoms with Crippen molar-refractivity contribution < 1.29 is 23.5 Å². The van der Waals surface area contributed by atoms with E-state index in [0.29, 0.717) is 27.6 Å². The van der Waals surface area contributed by atoms with E-state index < -0.39 is 17.6 Å². The van der Waals surface area contributed by atoms with Crippen molar-refractivity contribution in [3.63, 3.8) is 0 Å². The first-order chi connectivity index (χ1) is 14.9. The lowest BCUT2D eigenvalue weighted by molar-refractivity contribution is 0.0733. The van der Waals surface area contributed by atoms with Crippen LogP contribution >= 0.6 is 0 Å². The molecule has 0 aliphatic rings. The zero-order valence-electron chi connectivity index (χ0n) is 16.9. The molecule has 3 aromatic carbocycles. The van der Waals surface area contributed by atoms with Crippen molar-refractivity contribution >= 4 is 22.9 Å². The Labute approximate surface area is 177 Å². The number of rotatable bonds is 4. The van der Waals surface area contributed by atoms with E-state index in [9.17, 15) is 14.4 Å². The van der Waals surface area contributed by atoms with Crippen molar-refractivity contribution in [1.29, 1.82) is 0 Å². The van der Waals surface area contributed by atoms with E-state index in [1.807, 2.05) is 0 Å². The van der Waals surface area contributed by atoms with Gasteiger partial charge in [0.15, 0.2) is 0 Å². The van der Waals surface area contributed by atoms with E-state index in [0.717, 1.165) is 0 Å². The standard InChI is InChI=1S/C25H18O6/c1-15-13-21(26)31-23-16(2)19(29-24(27)17-9-5-3-6-10-17)14-20(22(15)23)30-25(28)18-11-7-4-8-12-18/h3-14H,1-2H3. The molecule has 0 bridgehead atoms. The molecule has 0 radical (unpaired) electrons. The van der Waals surface area contributed by atoms with E-state index >= 15 is 0 Å². The highest BCUT2D eigenvalue weighted by Gasteiger charge is 2.21. The van der Waals surface area contributed by atoms with Crippen molar-refractivity contribution in [3.05, 3.63) is 105 Å². The molecule has 0 saturated carbocycles. The first-order valence-electron chi connectivity index (χ1n) is 9.56. The van der Waals surface area contributed by atoms with Gasteiger partial charge in [-0.3, -0.25) is 0 Å². The summed E-state index contributed by atoms with van der Waals surface area (Å²) in [5, 5.41) is 0.459. The quantitative estimate of drug-likeness (QED) is 0.270. The highest BCUT2D eigenvalue weighted by molar-refractivity contribution is 5.98. The number of carbonyl (C=O) groups is 2. The number of carbonyl (C=O) groups excluding carboxylic acids is 2. The van der Waals surface area contributed by atoms with Crippen molar-refractivity contribution in [1.82, 2.24) is 0 Å². The third kappa shape index (κ3) is 4.09. The third-order valence-corrected chi connectivity index (χ3v) is 4.80. The van der Waals surface area contributed by atoms with Gasteiger partial charge in [0.2, 0.25) is 0 Å². The first kappa shape index (κ1) is 20.1. The number of esters is 2. The molecular weight excluding hydrogens is 396 g/mol. The number of ether oxygens (including phenoxy) is 2. The van der Waals surface area contributed by atoms with Gasteiger partial charge in [-0.25, -0.2) is 14.4 Å². The molecule has 4 aromatic rings. The van der Waals surface area contributed by atoms with Crippen LogP contribution in [0.3, 0.4) is 0 Å². The largest absolute Gasteiger partial charge is 0.422 e. The van der Waals surface area contributed by atoms with Crippen molar-refractivity contribution in [2.24, 2.45) is 0 Å². The lowest BCUT2D eigenvalue weighted by atomic mass is 10.1. The molecule has 4 rings (SSSR count). The number of hydrogen-bond acceptors (Lipinski definition) is 6. The lowest BCUT2D eigenvalue weighted by Crippen LogP contribution is -2.12. The highest BCUT2D eigenvalue weighted by Crippen LogP contribution is 2.37. The summed E-state index contributed by atoms with van der Waals surface area (Å²) in [6.07, 6.45) is 0. The van der Waals surface area contributed by atoms with Gasteiger partial charge in [0, 0.05) is 17.7 Å². The smallest absolute Gasteiger partial charge is 0.343 e. The van der Waals surface area contributed by atoms with Crippen LogP contribution in [-0.2, 0) is 0 Å². The Morgan fingerprint density at radius 1 is 0.742 bits per heavy atom. The molecule has 6 heteroatoms. The first-order valence-corrected chi connectivity index (χ1v) is 9.56. The van der Waals surface area contributed by atoms with Crippen molar-refractivity contribution in [3.8, 4) is 11.5 Å². The van der Waals surface area contributed by atoms with Crippen LogP contribution in [0.2, 0.25) is 0 Å². The van der Waals surface area contributed by atoms with Gasteiger partial charge in [-0.05, 0) is 43.7 Å². The normalized spacial score (nSPS) is 10.6. The molecule has 0 N–H and O–H groups in total. The van der Waals surface area contributed by atoms with Crippen molar-refractivity contribution in [2.75, 3.05) is 0 Å². The molecule has 154 valence electrons. The van der Waals surface area contributed by atoms with Crippen LogP contribution in [0, 0.1) is 13.8 Å². The maximum Gasteiger partial charge on any atom is 0.343 e. The fraction of sp³-hybridized carbons (Fsp3) is 0.0800. The van der Waals surface area contributed by atoms with E-state index in [1.165, 1.54) is 12.1 Å². The summed E-state index contributed by atoms with van der Waals surface area (Å²) in [7, 11) is 0. The fourth-order valence-corrected chi connectivity index (χ4v) is 3.24. The summed E-state index contributed by atoms with van der Waals surface area (Å²) in [6.45, 7) is 3.38. The summed E-state index contributed by atoms with van der Waals surface area (Å²) >= 11 is 0. The number of aryl methyl sites for hydroxylation is 2. The van der Waals surface area contributed by atoms with Crippen LogP contribution < -0.4 is 15.1 Å². The molecule has 6 nitrogen and oxygen atoms in total. The van der Waals surface area contributed by atoms with Gasteiger partial charge in [0.05, 0.1) is 16.5 Å². The van der Waals surface area contributed by atoms with Gasteiger partial charge in [-0.1, -0.05) is 36.4 Å². The van der Waals surface area contributed by atoms with Crippen molar-refractivity contribution in [2.45, 2.75) is 13.8 Å². The SMILES string of the molecule is Cc1c(OC(=O)c2ccccc2)cc(OC(=O)c2ccccc2)c2c(C)cc(=O)oc12. The second-order valence-electron chi connectivity index (χ2n) is 6.96. The number of fused-ring (bicyclic) bond motifs is 1. The lowest BCUT2D eigenvalue weighted by Gasteiger charge is -2.14. The fourth-order valence-electron chi connectivity index (χ4n) is 3.24. The van der Waals surface area contributed by atoms with Gasteiger partial charge in [0.25, 0.3) is 0 Å². The van der Waals surface area contributed by atoms with Gasteiger partial charge in [-0.2, -0.15) is 0 Å². The summed E-state index contributed by atoms with van der Waals surface area (Å²) < 4.78 is 16.6. The molecular formula is C25H18O6. The molecule has 0 unspecified atom stereocenters. The molecule has 1 heterocycles. The van der Waals surface area contributed by atoms with Gasteiger partial charge >= 0.3 is 17.6 Å². The molecule has 0 aliphatic carbocycles. The Bertz CT molecular complexity index is 1340. The van der Waals surface area contributed by atoms with Crippen LogP contribution in [0.15, 0.2) is 82.0 Å². The predicted octanol–water partition coefficient (Wildman–Crippen LogP) is 4.85. The Morgan fingerprint density at radius 3 is 1.81 bits per heavy atom. The summed E-state index contributed by atoms with van der Waals surface area (Å²) in [5.41, 5.74) is 1.37. The van der Waals surface area contributed by atoms with E-state index in [4.69, 9.17) is 13.9 Å². The minimum Gasteiger partial charge on any atom is -0.422 e. The topological polar surface area (TPSA) is 82.8 Å². The zero-order chi connectivity index (χ0) is 22.0. The molecule has 0 amide bonds. The Hall–Kier alpha value is -4.19. The van der Waals surface area contributed by atoms with Gasteiger partial charge in [-0.15, -0.1) is 0 Å². The van der Waals surface area contributed by atoms with E-state index in [2.05, 4.69) is 0 Å².